The van der Waals surface area contributed by atoms with Crippen LogP contribution in [0.15, 0.2) is 12.1 Å². The minimum Gasteiger partial charge on any atom is -0.459 e. The van der Waals surface area contributed by atoms with Gasteiger partial charge in [-0.1, -0.05) is 11.6 Å². The SMILES string of the molecule is CC(C)OC(=O)c1cc(N2C(=O)CC(C)N(C)C2=O)c(F)cc1Cl. The third-order valence-electron chi connectivity index (χ3n) is 3.71. The first-order valence-electron chi connectivity index (χ1n) is 7.43. The van der Waals surface area contributed by atoms with Crippen LogP contribution >= 0.6 is 11.6 Å². The van der Waals surface area contributed by atoms with Crippen molar-refractivity contribution in [2.45, 2.75) is 39.3 Å². The summed E-state index contributed by atoms with van der Waals surface area (Å²) in [5.74, 6) is -2.17. The molecule has 3 amide bonds. The fourth-order valence-corrected chi connectivity index (χ4v) is 2.54. The van der Waals surface area contributed by atoms with E-state index in [9.17, 15) is 18.8 Å². The number of esters is 1. The fraction of sp³-hybridized carbons (Fsp3) is 0.438. The number of imide groups is 1. The second kappa shape index (κ2) is 6.76. The average Bonchev–Trinajstić information content (AvgIpc) is 2.46. The van der Waals surface area contributed by atoms with E-state index in [0.29, 0.717) is 0 Å². The van der Waals surface area contributed by atoms with Crippen molar-refractivity contribution in [3.8, 4) is 0 Å². The van der Waals surface area contributed by atoms with E-state index in [2.05, 4.69) is 0 Å². The molecule has 1 atom stereocenters. The van der Waals surface area contributed by atoms with Gasteiger partial charge in [-0.3, -0.25) is 4.79 Å². The number of carbonyl (C=O) groups is 3. The molecule has 2 rings (SSSR count). The Morgan fingerprint density at radius 1 is 1.38 bits per heavy atom. The van der Waals surface area contributed by atoms with Crippen molar-refractivity contribution in [2.24, 2.45) is 0 Å². The van der Waals surface area contributed by atoms with Gasteiger partial charge in [-0.05, 0) is 32.9 Å². The Hall–Kier alpha value is -2.15. The average molecular weight is 357 g/mol. The molecule has 1 heterocycles. The zero-order chi connectivity index (χ0) is 18.2. The Kier molecular flexibility index (Phi) is 5.13. The number of carbonyl (C=O) groups excluding carboxylic acids is 3. The van der Waals surface area contributed by atoms with E-state index in [-0.39, 0.29) is 28.7 Å². The van der Waals surface area contributed by atoms with Gasteiger partial charge in [0.25, 0.3) is 0 Å². The van der Waals surface area contributed by atoms with E-state index in [1.54, 1.807) is 20.8 Å². The number of hydrogen-bond donors (Lipinski definition) is 0. The Bertz CT molecular complexity index is 708. The lowest BCUT2D eigenvalue weighted by molar-refractivity contribution is -0.120. The lowest BCUT2D eigenvalue weighted by atomic mass is 10.1. The van der Waals surface area contributed by atoms with Crippen LogP contribution in [0.5, 0.6) is 0 Å². The van der Waals surface area contributed by atoms with Gasteiger partial charge in [0.05, 0.1) is 22.4 Å². The van der Waals surface area contributed by atoms with Gasteiger partial charge in [0.15, 0.2) is 0 Å². The smallest absolute Gasteiger partial charge is 0.339 e. The molecule has 130 valence electrons. The van der Waals surface area contributed by atoms with Gasteiger partial charge in [0, 0.05) is 19.5 Å². The highest BCUT2D eigenvalue weighted by Crippen LogP contribution is 2.31. The van der Waals surface area contributed by atoms with Crippen LogP contribution in [0.2, 0.25) is 5.02 Å². The van der Waals surface area contributed by atoms with E-state index in [0.717, 1.165) is 17.0 Å². The molecule has 0 radical (unpaired) electrons. The van der Waals surface area contributed by atoms with Crippen LogP contribution in [0.4, 0.5) is 14.9 Å². The number of anilines is 1. The van der Waals surface area contributed by atoms with Crippen molar-refractivity contribution in [3.05, 3.63) is 28.5 Å². The molecule has 8 heteroatoms. The van der Waals surface area contributed by atoms with E-state index >= 15 is 0 Å². The van der Waals surface area contributed by atoms with E-state index in [1.165, 1.54) is 11.9 Å². The second-order valence-corrected chi connectivity index (χ2v) is 6.32. The summed E-state index contributed by atoms with van der Waals surface area (Å²) in [6.07, 6.45) is -0.344. The van der Waals surface area contributed by atoms with Gasteiger partial charge < -0.3 is 9.64 Å². The number of urea groups is 1. The van der Waals surface area contributed by atoms with Gasteiger partial charge in [0.2, 0.25) is 5.91 Å². The summed E-state index contributed by atoms with van der Waals surface area (Å²) in [7, 11) is 1.52. The molecule has 0 aliphatic carbocycles. The summed E-state index contributed by atoms with van der Waals surface area (Å²) < 4.78 is 19.4. The topological polar surface area (TPSA) is 66.9 Å². The third kappa shape index (κ3) is 3.36. The maximum atomic E-state index is 14.3. The number of benzene rings is 1. The highest BCUT2D eigenvalue weighted by atomic mass is 35.5. The Labute approximate surface area is 144 Å². The molecule has 0 bridgehead atoms. The summed E-state index contributed by atoms with van der Waals surface area (Å²) in [5.41, 5.74) is -0.424. The number of rotatable bonds is 3. The van der Waals surface area contributed by atoms with Crippen molar-refractivity contribution < 1.29 is 23.5 Å². The molecule has 0 saturated carbocycles. The quantitative estimate of drug-likeness (QED) is 0.780. The molecule has 1 aliphatic heterocycles. The Morgan fingerprint density at radius 2 is 2.00 bits per heavy atom. The second-order valence-electron chi connectivity index (χ2n) is 5.91. The molecule has 1 saturated heterocycles. The van der Waals surface area contributed by atoms with Crippen molar-refractivity contribution >= 4 is 35.2 Å². The lowest BCUT2D eigenvalue weighted by Gasteiger charge is -2.36. The molecule has 24 heavy (non-hydrogen) atoms. The molecule has 0 spiro atoms. The monoisotopic (exact) mass is 356 g/mol. The van der Waals surface area contributed by atoms with Gasteiger partial charge >= 0.3 is 12.0 Å². The Morgan fingerprint density at radius 3 is 2.58 bits per heavy atom. The predicted molar refractivity (Wildman–Crippen MR) is 86.7 cm³/mol. The third-order valence-corrected chi connectivity index (χ3v) is 4.03. The fourth-order valence-electron chi connectivity index (χ4n) is 2.31. The van der Waals surface area contributed by atoms with E-state index in [4.69, 9.17) is 16.3 Å². The predicted octanol–water partition coefficient (Wildman–Crippen LogP) is 3.22. The first-order valence-corrected chi connectivity index (χ1v) is 7.81. The first kappa shape index (κ1) is 18.2. The van der Waals surface area contributed by atoms with Crippen molar-refractivity contribution in [1.29, 1.82) is 0 Å². The van der Waals surface area contributed by atoms with Gasteiger partial charge in [0.1, 0.15) is 5.82 Å². The number of amides is 3. The molecule has 1 fully saturated rings. The van der Waals surface area contributed by atoms with Crippen LogP contribution < -0.4 is 4.90 Å². The maximum absolute atomic E-state index is 14.3. The van der Waals surface area contributed by atoms with Crippen molar-refractivity contribution in [2.75, 3.05) is 11.9 Å². The van der Waals surface area contributed by atoms with E-state index < -0.39 is 29.8 Å². The van der Waals surface area contributed by atoms with Crippen LogP contribution in [-0.2, 0) is 9.53 Å². The minimum atomic E-state index is -0.870. The molecule has 0 aromatic heterocycles. The first-order chi connectivity index (χ1) is 11.1. The molecule has 6 nitrogen and oxygen atoms in total. The number of halogens is 2. The standard InChI is InChI=1S/C16H18ClFN2O4/c1-8(2)24-15(22)10-6-13(12(18)7-11(10)17)20-14(21)5-9(3)19(4)16(20)23/h6-9H,5H2,1-4H3. The molecule has 1 aliphatic rings. The summed E-state index contributed by atoms with van der Waals surface area (Å²) in [6, 6.07) is 1.01. The zero-order valence-electron chi connectivity index (χ0n) is 13.8. The molecule has 1 aromatic rings. The Balaban J connectivity index is 2.48. The van der Waals surface area contributed by atoms with Crippen LogP contribution in [0.25, 0.3) is 0 Å². The molecular weight excluding hydrogens is 339 g/mol. The summed E-state index contributed by atoms with van der Waals surface area (Å²) in [4.78, 5) is 38.7. The van der Waals surface area contributed by atoms with E-state index in [1.807, 2.05) is 0 Å². The van der Waals surface area contributed by atoms with Crippen LogP contribution in [0.3, 0.4) is 0 Å². The van der Waals surface area contributed by atoms with Crippen molar-refractivity contribution in [3.63, 3.8) is 0 Å². The molecular formula is C16H18ClFN2O4. The number of hydrogen-bond acceptors (Lipinski definition) is 4. The highest BCUT2D eigenvalue weighted by molar-refractivity contribution is 6.34. The van der Waals surface area contributed by atoms with Gasteiger partial charge in [-0.15, -0.1) is 0 Å². The number of nitrogens with zero attached hydrogens (tertiary/aromatic N) is 2. The number of ether oxygens (including phenoxy) is 1. The maximum Gasteiger partial charge on any atom is 0.339 e. The van der Waals surface area contributed by atoms with Gasteiger partial charge in [-0.25, -0.2) is 18.9 Å². The van der Waals surface area contributed by atoms with Crippen LogP contribution in [0, 0.1) is 5.82 Å². The van der Waals surface area contributed by atoms with Crippen molar-refractivity contribution in [1.82, 2.24) is 4.90 Å². The normalized spacial score (nSPS) is 18.4. The molecule has 1 aromatic carbocycles. The summed E-state index contributed by atoms with van der Waals surface area (Å²) in [6.45, 7) is 5.03. The molecule has 1 unspecified atom stereocenters. The minimum absolute atomic E-state index is 0.0517. The van der Waals surface area contributed by atoms with Crippen LogP contribution in [0.1, 0.15) is 37.6 Å². The highest BCUT2D eigenvalue weighted by Gasteiger charge is 2.37. The van der Waals surface area contributed by atoms with Gasteiger partial charge in [-0.2, -0.15) is 0 Å². The largest absolute Gasteiger partial charge is 0.459 e. The zero-order valence-corrected chi connectivity index (χ0v) is 14.6. The lowest BCUT2D eigenvalue weighted by Crippen LogP contribution is -2.55. The van der Waals surface area contributed by atoms with Crippen LogP contribution in [-0.4, -0.2) is 42.0 Å². The summed E-state index contributed by atoms with van der Waals surface area (Å²) in [5, 5.41) is -0.152. The summed E-state index contributed by atoms with van der Waals surface area (Å²) >= 11 is 5.90. The molecule has 0 N–H and O–H groups in total.